The summed E-state index contributed by atoms with van der Waals surface area (Å²) in [4.78, 5) is 26.4. The Morgan fingerprint density at radius 1 is 1.30 bits per heavy atom. The van der Waals surface area contributed by atoms with Gasteiger partial charge in [0.15, 0.2) is 0 Å². The molecule has 1 amide bonds. The van der Waals surface area contributed by atoms with E-state index < -0.39 is 5.60 Å². The first-order chi connectivity index (χ1) is 12.6. The largest absolute Gasteiger partial charge is 0.444 e. The second-order valence-electron chi connectivity index (χ2n) is 8.42. The van der Waals surface area contributed by atoms with Gasteiger partial charge in [0.2, 0.25) is 5.91 Å². The number of ether oxygens (including phenoxy) is 1. The maximum Gasteiger partial charge on any atom is 0.410 e. The van der Waals surface area contributed by atoms with Crippen molar-refractivity contribution in [1.29, 1.82) is 0 Å². The number of hydrogen-bond donors (Lipinski definition) is 0. The van der Waals surface area contributed by atoms with Crippen LogP contribution in [0.3, 0.4) is 0 Å². The van der Waals surface area contributed by atoms with Gasteiger partial charge in [-0.1, -0.05) is 6.92 Å². The van der Waals surface area contributed by atoms with Gasteiger partial charge in [0.05, 0.1) is 5.52 Å². The molecule has 0 bridgehead atoms. The molecule has 2 atom stereocenters. The summed E-state index contributed by atoms with van der Waals surface area (Å²) in [6.45, 7) is 9.80. The van der Waals surface area contributed by atoms with E-state index in [1.165, 1.54) is 23.6 Å². The molecule has 3 rings (SSSR count). The van der Waals surface area contributed by atoms with Crippen LogP contribution in [-0.4, -0.2) is 39.7 Å². The lowest BCUT2D eigenvalue weighted by atomic mass is 9.95. The minimum absolute atomic E-state index is 0.0177. The van der Waals surface area contributed by atoms with Crippen molar-refractivity contribution in [2.45, 2.75) is 59.1 Å². The quantitative estimate of drug-likeness (QED) is 0.770. The summed E-state index contributed by atoms with van der Waals surface area (Å²) >= 11 is 0. The number of benzene rings is 1. The summed E-state index contributed by atoms with van der Waals surface area (Å²) in [6.07, 6.45) is 2.97. The molecule has 146 valence electrons. The number of halogens is 1. The zero-order valence-corrected chi connectivity index (χ0v) is 16.6. The van der Waals surface area contributed by atoms with E-state index in [1.807, 2.05) is 20.8 Å². The third-order valence-electron chi connectivity index (χ3n) is 5.13. The number of nitrogens with zero attached hydrogens (tertiary/aromatic N) is 2. The number of amides is 1. The van der Waals surface area contributed by atoms with Crippen LogP contribution in [0.4, 0.5) is 9.18 Å². The predicted octanol–water partition coefficient (Wildman–Crippen LogP) is 4.63. The molecule has 5 nitrogen and oxygen atoms in total. The van der Waals surface area contributed by atoms with Crippen LogP contribution < -0.4 is 0 Å². The van der Waals surface area contributed by atoms with Gasteiger partial charge >= 0.3 is 6.09 Å². The Hall–Kier alpha value is -2.37. The Kier molecular flexibility index (Phi) is 5.02. The smallest absolute Gasteiger partial charge is 0.410 e. The van der Waals surface area contributed by atoms with E-state index in [2.05, 4.69) is 6.92 Å². The fraction of sp³-hybridized carbons (Fsp3) is 0.524. The average molecular weight is 374 g/mol. The van der Waals surface area contributed by atoms with E-state index in [9.17, 15) is 14.0 Å². The van der Waals surface area contributed by atoms with Crippen LogP contribution in [-0.2, 0) is 11.2 Å². The maximum atomic E-state index is 13.7. The molecule has 0 N–H and O–H groups in total. The predicted molar refractivity (Wildman–Crippen MR) is 102 cm³/mol. The number of fused-ring (bicyclic) bond motifs is 1. The van der Waals surface area contributed by atoms with Crippen molar-refractivity contribution in [3.63, 3.8) is 0 Å². The highest BCUT2D eigenvalue weighted by molar-refractivity contribution is 5.93. The number of aromatic nitrogens is 1. The first-order valence-electron chi connectivity index (χ1n) is 9.37. The standard InChI is InChI=1S/C21H27FN2O3/c1-13-8-9-23(20(26)27-21(3,4)5)18(13)10-15-12-24(14(2)25)19-11-16(22)6-7-17(15)19/h6-7,11-13,18H,8-10H2,1-5H3/t13-,18+/m0/s1. The summed E-state index contributed by atoms with van der Waals surface area (Å²) < 4.78 is 20.7. The second kappa shape index (κ2) is 6.98. The van der Waals surface area contributed by atoms with Gasteiger partial charge in [-0.15, -0.1) is 0 Å². The summed E-state index contributed by atoms with van der Waals surface area (Å²) in [5.74, 6) is -0.228. The highest BCUT2D eigenvalue weighted by Gasteiger charge is 2.37. The first-order valence-corrected chi connectivity index (χ1v) is 9.37. The summed E-state index contributed by atoms with van der Waals surface area (Å²) in [7, 11) is 0. The van der Waals surface area contributed by atoms with Crippen molar-refractivity contribution in [3.05, 3.63) is 35.8 Å². The molecule has 0 radical (unpaired) electrons. The topological polar surface area (TPSA) is 51.5 Å². The molecule has 0 spiro atoms. The lowest BCUT2D eigenvalue weighted by Crippen LogP contribution is -2.42. The Morgan fingerprint density at radius 2 is 2.00 bits per heavy atom. The monoisotopic (exact) mass is 374 g/mol. The van der Waals surface area contributed by atoms with Crippen LogP contribution in [0.25, 0.3) is 10.9 Å². The Labute approximate surface area is 159 Å². The van der Waals surface area contributed by atoms with Crippen LogP contribution in [0.1, 0.15) is 51.4 Å². The molecular weight excluding hydrogens is 347 g/mol. The van der Waals surface area contributed by atoms with E-state index in [4.69, 9.17) is 4.74 Å². The van der Waals surface area contributed by atoms with Crippen LogP contribution >= 0.6 is 0 Å². The Bertz CT molecular complexity index is 881. The number of carbonyl (C=O) groups is 2. The van der Waals surface area contributed by atoms with Crippen molar-refractivity contribution in [3.8, 4) is 0 Å². The van der Waals surface area contributed by atoms with E-state index in [-0.39, 0.29) is 23.9 Å². The van der Waals surface area contributed by atoms with Crippen molar-refractivity contribution in [2.24, 2.45) is 5.92 Å². The van der Waals surface area contributed by atoms with Crippen LogP contribution in [0.15, 0.2) is 24.4 Å². The Balaban J connectivity index is 1.93. The molecule has 27 heavy (non-hydrogen) atoms. The molecule has 0 aliphatic carbocycles. The summed E-state index contributed by atoms with van der Waals surface area (Å²) in [5, 5.41) is 0.842. The normalized spacial score (nSPS) is 20.3. The van der Waals surface area contributed by atoms with Crippen LogP contribution in [0, 0.1) is 11.7 Å². The van der Waals surface area contributed by atoms with Gasteiger partial charge in [-0.25, -0.2) is 9.18 Å². The zero-order valence-electron chi connectivity index (χ0n) is 16.6. The van der Waals surface area contributed by atoms with Gasteiger partial charge in [-0.05, 0) is 63.3 Å². The molecular formula is C21H27FN2O3. The molecule has 1 aliphatic heterocycles. The Morgan fingerprint density at radius 3 is 2.63 bits per heavy atom. The van der Waals surface area contributed by atoms with E-state index in [0.717, 1.165) is 17.4 Å². The fourth-order valence-electron chi connectivity index (χ4n) is 3.79. The summed E-state index contributed by atoms with van der Waals surface area (Å²) in [6, 6.07) is 4.47. The molecule has 1 saturated heterocycles. The van der Waals surface area contributed by atoms with Gasteiger partial charge in [0, 0.05) is 31.1 Å². The van der Waals surface area contributed by atoms with Gasteiger partial charge in [0.1, 0.15) is 11.4 Å². The van der Waals surface area contributed by atoms with E-state index in [0.29, 0.717) is 24.4 Å². The molecule has 1 aliphatic rings. The molecule has 0 saturated carbocycles. The second-order valence-corrected chi connectivity index (χ2v) is 8.42. The summed E-state index contributed by atoms with van der Waals surface area (Å²) in [5.41, 5.74) is 0.954. The van der Waals surface area contributed by atoms with Crippen molar-refractivity contribution < 1.29 is 18.7 Å². The number of rotatable bonds is 2. The highest BCUT2D eigenvalue weighted by Crippen LogP contribution is 2.31. The third kappa shape index (κ3) is 3.99. The maximum absolute atomic E-state index is 13.7. The minimum atomic E-state index is -0.546. The van der Waals surface area contributed by atoms with Crippen molar-refractivity contribution >= 4 is 22.9 Å². The number of likely N-dealkylation sites (tertiary alicyclic amines) is 1. The molecule has 2 heterocycles. The van der Waals surface area contributed by atoms with Crippen molar-refractivity contribution in [1.82, 2.24) is 9.47 Å². The SMILES string of the molecule is CC(=O)n1cc(C[C@@H]2[C@@H](C)CCN2C(=O)OC(C)(C)C)c2ccc(F)cc21. The first kappa shape index (κ1) is 19.4. The fourth-order valence-corrected chi connectivity index (χ4v) is 3.79. The third-order valence-corrected chi connectivity index (χ3v) is 5.13. The molecule has 1 aromatic heterocycles. The molecule has 0 unspecified atom stereocenters. The van der Waals surface area contributed by atoms with Gasteiger partial charge in [0.25, 0.3) is 0 Å². The van der Waals surface area contributed by atoms with Crippen LogP contribution in [0.2, 0.25) is 0 Å². The van der Waals surface area contributed by atoms with Crippen LogP contribution in [0.5, 0.6) is 0 Å². The average Bonchev–Trinajstić information content (AvgIpc) is 3.07. The molecule has 2 aromatic rings. The number of carbonyl (C=O) groups excluding carboxylic acids is 2. The number of hydrogen-bond acceptors (Lipinski definition) is 3. The molecule has 1 aromatic carbocycles. The molecule has 1 fully saturated rings. The van der Waals surface area contributed by atoms with Crippen molar-refractivity contribution in [2.75, 3.05) is 6.54 Å². The van der Waals surface area contributed by atoms with Gasteiger partial charge in [-0.2, -0.15) is 0 Å². The minimum Gasteiger partial charge on any atom is -0.444 e. The van der Waals surface area contributed by atoms with E-state index >= 15 is 0 Å². The van der Waals surface area contributed by atoms with Gasteiger partial charge < -0.3 is 9.64 Å². The van der Waals surface area contributed by atoms with E-state index in [1.54, 1.807) is 17.2 Å². The highest BCUT2D eigenvalue weighted by atomic mass is 19.1. The zero-order chi connectivity index (χ0) is 19.9. The lowest BCUT2D eigenvalue weighted by molar-refractivity contribution is 0.0211. The van der Waals surface area contributed by atoms with Gasteiger partial charge in [-0.3, -0.25) is 9.36 Å². The molecule has 6 heteroatoms. The lowest BCUT2D eigenvalue weighted by Gasteiger charge is -2.30.